The van der Waals surface area contributed by atoms with Gasteiger partial charge in [-0.2, -0.15) is 5.10 Å². The van der Waals surface area contributed by atoms with Crippen molar-refractivity contribution in [2.75, 3.05) is 19.3 Å². The lowest BCUT2D eigenvalue weighted by Gasteiger charge is -2.30. The molecule has 1 aromatic rings. The van der Waals surface area contributed by atoms with Gasteiger partial charge < -0.3 is 5.32 Å². The first-order valence-electron chi connectivity index (χ1n) is 6.17. The van der Waals surface area contributed by atoms with E-state index < -0.39 is 10.0 Å². The molecule has 0 saturated carbocycles. The van der Waals surface area contributed by atoms with Gasteiger partial charge in [-0.25, -0.2) is 12.7 Å². The molecule has 8 heteroatoms. The van der Waals surface area contributed by atoms with Crippen LogP contribution < -0.4 is 5.32 Å². The molecule has 0 aromatic carbocycles. The summed E-state index contributed by atoms with van der Waals surface area (Å²) in [5.41, 5.74) is 0.893. The average Bonchev–Trinajstić information content (AvgIpc) is 2.88. The highest BCUT2D eigenvalue weighted by molar-refractivity contribution is 7.88. The molecule has 1 amide bonds. The average molecular weight is 286 g/mol. The summed E-state index contributed by atoms with van der Waals surface area (Å²) in [6.07, 6.45) is 5.98. The normalized spacial score (nSPS) is 21.2. The van der Waals surface area contributed by atoms with Crippen molar-refractivity contribution in [3.05, 3.63) is 18.0 Å². The van der Waals surface area contributed by atoms with Crippen molar-refractivity contribution in [2.45, 2.75) is 19.4 Å². The highest BCUT2D eigenvalue weighted by Gasteiger charge is 2.29. The van der Waals surface area contributed by atoms with Gasteiger partial charge in [0.05, 0.1) is 18.4 Å². The number of carbonyl (C=O) groups excluding carboxylic acids is 1. The first kappa shape index (κ1) is 14.0. The summed E-state index contributed by atoms with van der Waals surface area (Å²) >= 11 is 0. The van der Waals surface area contributed by atoms with Crippen LogP contribution in [0, 0.1) is 5.92 Å². The van der Waals surface area contributed by atoms with E-state index in [-0.39, 0.29) is 18.4 Å². The fourth-order valence-electron chi connectivity index (χ4n) is 2.17. The zero-order valence-electron chi connectivity index (χ0n) is 10.8. The van der Waals surface area contributed by atoms with Gasteiger partial charge in [-0.3, -0.25) is 9.89 Å². The van der Waals surface area contributed by atoms with Gasteiger partial charge in [-0.15, -0.1) is 0 Å². The van der Waals surface area contributed by atoms with Gasteiger partial charge in [0, 0.05) is 31.4 Å². The number of nitrogens with zero attached hydrogens (tertiary/aromatic N) is 2. The van der Waals surface area contributed by atoms with Gasteiger partial charge in [0.25, 0.3) is 0 Å². The van der Waals surface area contributed by atoms with Crippen LogP contribution in [0.2, 0.25) is 0 Å². The Kier molecular flexibility index (Phi) is 4.20. The van der Waals surface area contributed by atoms with E-state index in [1.54, 1.807) is 12.4 Å². The number of sulfonamides is 1. The summed E-state index contributed by atoms with van der Waals surface area (Å²) in [4.78, 5) is 12.0. The van der Waals surface area contributed by atoms with Gasteiger partial charge in [-0.1, -0.05) is 0 Å². The third-order valence-corrected chi connectivity index (χ3v) is 4.52. The van der Waals surface area contributed by atoms with E-state index in [2.05, 4.69) is 15.5 Å². The summed E-state index contributed by atoms with van der Waals surface area (Å²) < 4.78 is 24.3. The van der Waals surface area contributed by atoms with E-state index in [0.29, 0.717) is 13.1 Å². The minimum atomic E-state index is -3.21. The van der Waals surface area contributed by atoms with Crippen molar-refractivity contribution in [3.63, 3.8) is 0 Å². The number of piperidine rings is 1. The van der Waals surface area contributed by atoms with Crippen LogP contribution in [0.4, 0.5) is 0 Å². The molecule has 1 aliphatic heterocycles. The van der Waals surface area contributed by atoms with Gasteiger partial charge in [0.2, 0.25) is 15.9 Å². The third kappa shape index (κ3) is 3.77. The van der Waals surface area contributed by atoms with Crippen LogP contribution in [0.5, 0.6) is 0 Å². The van der Waals surface area contributed by atoms with Crippen LogP contribution in [-0.4, -0.2) is 48.2 Å². The monoisotopic (exact) mass is 286 g/mol. The molecule has 106 valence electrons. The number of carbonyl (C=O) groups is 1. The number of hydrogen-bond donors (Lipinski definition) is 2. The molecule has 0 spiro atoms. The van der Waals surface area contributed by atoms with E-state index in [4.69, 9.17) is 0 Å². The van der Waals surface area contributed by atoms with Crippen LogP contribution in [0.3, 0.4) is 0 Å². The molecule has 7 nitrogen and oxygen atoms in total. The molecular formula is C11H18N4O3S. The minimum Gasteiger partial charge on any atom is -0.352 e. The Morgan fingerprint density at radius 3 is 3.05 bits per heavy atom. The van der Waals surface area contributed by atoms with Crippen molar-refractivity contribution in [1.29, 1.82) is 0 Å². The van der Waals surface area contributed by atoms with Gasteiger partial charge in [0.15, 0.2) is 0 Å². The molecule has 0 radical (unpaired) electrons. The van der Waals surface area contributed by atoms with Gasteiger partial charge >= 0.3 is 0 Å². The molecule has 1 unspecified atom stereocenters. The fourth-order valence-corrected chi connectivity index (χ4v) is 3.08. The number of amides is 1. The van der Waals surface area contributed by atoms with Crippen LogP contribution >= 0.6 is 0 Å². The standard InChI is InChI=1S/C11H18N4O3S/c1-19(17,18)15-4-2-3-10(8-15)11(16)12-5-9-6-13-14-7-9/h6-7,10H,2-5,8H2,1H3,(H,12,16)(H,13,14). The van der Waals surface area contributed by atoms with Crippen molar-refractivity contribution < 1.29 is 13.2 Å². The second kappa shape index (κ2) is 5.70. The molecule has 0 aliphatic carbocycles. The van der Waals surface area contributed by atoms with Gasteiger partial charge in [0.1, 0.15) is 0 Å². The number of nitrogens with one attached hydrogen (secondary N) is 2. The number of rotatable bonds is 4. The first-order chi connectivity index (χ1) is 8.97. The maximum atomic E-state index is 12.0. The minimum absolute atomic E-state index is 0.102. The maximum absolute atomic E-state index is 12.0. The second-order valence-electron chi connectivity index (χ2n) is 4.78. The van der Waals surface area contributed by atoms with Crippen LogP contribution in [-0.2, 0) is 21.4 Å². The van der Waals surface area contributed by atoms with Crippen LogP contribution in [0.25, 0.3) is 0 Å². The molecule has 1 fully saturated rings. The predicted octanol–water partition coefficient (Wildman–Crippen LogP) is -0.302. The molecular weight excluding hydrogens is 268 g/mol. The third-order valence-electron chi connectivity index (χ3n) is 3.25. The summed E-state index contributed by atoms with van der Waals surface area (Å²) in [6, 6.07) is 0. The Bertz CT molecular complexity index is 526. The topological polar surface area (TPSA) is 95.2 Å². The Morgan fingerprint density at radius 2 is 2.42 bits per heavy atom. The molecule has 1 aromatic heterocycles. The molecule has 0 bridgehead atoms. The van der Waals surface area contributed by atoms with Crippen molar-refractivity contribution >= 4 is 15.9 Å². The lowest BCUT2D eigenvalue weighted by Crippen LogP contribution is -2.44. The Morgan fingerprint density at radius 1 is 1.63 bits per heavy atom. The number of H-pyrrole nitrogens is 1. The van der Waals surface area contributed by atoms with E-state index in [9.17, 15) is 13.2 Å². The summed E-state index contributed by atoms with van der Waals surface area (Å²) in [7, 11) is -3.21. The molecule has 2 heterocycles. The van der Waals surface area contributed by atoms with Crippen LogP contribution in [0.15, 0.2) is 12.4 Å². The Balaban J connectivity index is 1.88. The number of aromatic amines is 1. The van der Waals surface area contributed by atoms with Crippen molar-refractivity contribution in [2.24, 2.45) is 5.92 Å². The van der Waals surface area contributed by atoms with E-state index >= 15 is 0 Å². The quantitative estimate of drug-likeness (QED) is 0.794. The van der Waals surface area contributed by atoms with Crippen molar-refractivity contribution in [1.82, 2.24) is 19.8 Å². The van der Waals surface area contributed by atoms with Crippen LogP contribution in [0.1, 0.15) is 18.4 Å². The predicted molar refractivity (Wildman–Crippen MR) is 69.6 cm³/mol. The summed E-state index contributed by atoms with van der Waals surface area (Å²) in [5, 5.41) is 9.27. The Hall–Kier alpha value is -1.41. The fraction of sp³-hybridized carbons (Fsp3) is 0.636. The largest absolute Gasteiger partial charge is 0.352 e. The highest BCUT2D eigenvalue weighted by atomic mass is 32.2. The van der Waals surface area contributed by atoms with Gasteiger partial charge in [-0.05, 0) is 12.8 Å². The first-order valence-corrected chi connectivity index (χ1v) is 8.02. The molecule has 19 heavy (non-hydrogen) atoms. The molecule has 2 rings (SSSR count). The van der Waals surface area contributed by atoms with Crippen molar-refractivity contribution in [3.8, 4) is 0 Å². The highest BCUT2D eigenvalue weighted by Crippen LogP contribution is 2.18. The zero-order chi connectivity index (χ0) is 13.9. The number of hydrogen-bond acceptors (Lipinski definition) is 4. The molecule has 2 N–H and O–H groups in total. The lowest BCUT2D eigenvalue weighted by atomic mass is 9.99. The maximum Gasteiger partial charge on any atom is 0.224 e. The Labute approximate surface area is 112 Å². The summed E-state index contributed by atoms with van der Waals surface area (Å²) in [6.45, 7) is 1.19. The van der Waals surface area contributed by atoms with E-state index in [1.807, 2.05) is 0 Å². The summed E-state index contributed by atoms with van der Waals surface area (Å²) in [5.74, 6) is -0.370. The smallest absolute Gasteiger partial charge is 0.224 e. The van der Waals surface area contributed by atoms with E-state index in [0.717, 1.165) is 18.4 Å². The lowest BCUT2D eigenvalue weighted by molar-refractivity contribution is -0.126. The SMILES string of the molecule is CS(=O)(=O)N1CCCC(C(=O)NCc2cn[nH]c2)C1. The van der Waals surface area contributed by atoms with E-state index in [1.165, 1.54) is 10.6 Å². The number of aromatic nitrogens is 2. The molecule has 1 atom stereocenters. The molecule has 1 aliphatic rings. The molecule has 1 saturated heterocycles. The zero-order valence-corrected chi connectivity index (χ0v) is 11.6. The second-order valence-corrected chi connectivity index (χ2v) is 6.77.